The van der Waals surface area contributed by atoms with Crippen molar-refractivity contribution in [1.82, 2.24) is 9.97 Å². The minimum absolute atomic E-state index is 0.0286. The highest BCUT2D eigenvalue weighted by atomic mass is 35.5. The number of fused-ring (bicyclic) bond motifs is 2. The molecule has 5 nitrogen and oxygen atoms in total. The molecule has 5 rings (SSSR count). The van der Waals surface area contributed by atoms with Crippen LogP contribution in [0.3, 0.4) is 0 Å². The molecule has 0 N–H and O–H groups in total. The average Bonchev–Trinajstić information content (AvgIpc) is 3.27. The number of benzene rings is 2. The fraction of sp³-hybridized carbons (Fsp3) is 0.190. The Labute approximate surface area is 180 Å². The Morgan fingerprint density at radius 1 is 1.10 bits per heavy atom. The summed E-state index contributed by atoms with van der Waals surface area (Å²) in [5.74, 6) is 0.778. The van der Waals surface area contributed by atoms with E-state index in [1.54, 1.807) is 23.8 Å². The molecule has 3 heterocycles. The van der Waals surface area contributed by atoms with Crippen LogP contribution in [0.15, 0.2) is 48.5 Å². The van der Waals surface area contributed by atoms with Gasteiger partial charge in [-0.25, -0.2) is 9.97 Å². The maximum absolute atomic E-state index is 13.0. The lowest BCUT2D eigenvalue weighted by molar-refractivity contribution is -0.117. The molecule has 1 fully saturated rings. The molecule has 1 aliphatic rings. The maximum atomic E-state index is 13.0. The summed E-state index contributed by atoms with van der Waals surface area (Å²) in [6.45, 7) is 1.92. The van der Waals surface area contributed by atoms with E-state index in [-0.39, 0.29) is 16.5 Å². The summed E-state index contributed by atoms with van der Waals surface area (Å²) in [7, 11) is 1.63. The van der Waals surface area contributed by atoms with Crippen LogP contribution in [0.1, 0.15) is 17.9 Å². The Kier molecular flexibility index (Phi) is 4.61. The molecule has 2 aromatic heterocycles. The summed E-state index contributed by atoms with van der Waals surface area (Å²) in [6, 6.07) is 15.6. The lowest BCUT2D eigenvalue weighted by atomic mass is 10.1. The van der Waals surface area contributed by atoms with Gasteiger partial charge in [0.15, 0.2) is 5.13 Å². The largest absolute Gasteiger partial charge is 0.497 e. The van der Waals surface area contributed by atoms with Crippen LogP contribution in [0.5, 0.6) is 5.75 Å². The summed E-state index contributed by atoms with van der Waals surface area (Å²) in [6.07, 6.45) is 0. The summed E-state index contributed by atoms with van der Waals surface area (Å²) >= 11 is 9.64. The van der Waals surface area contributed by atoms with Crippen LogP contribution in [0, 0.1) is 0 Å². The molecule has 0 radical (unpaired) electrons. The van der Waals surface area contributed by atoms with Crippen molar-refractivity contribution in [2.75, 3.05) is 12.0 Å². The number of hydrogen-bond donors (Lipinski definition) is 0. The van der Waals surface area contributed by atoms with Crippen molar-refractivity contribution in [2.45, 2.75) is 17.5 Å². The van der Waals surface area contributed by atoms with Gasteiger partial charge >= 0.3 is 0 Å². The Bertz CT molecular complexity index is 1230. The van der Waals surface area contributed by atoms with Crippen molar-refractivity contribution in [3.8, 4) is 5.75 Å². The maximum Gasteiger partial charge on any atom is 0.242 e. The molecule has 0 bridgehead atoms. The van der Waals surface area contributed by atoms with Gasteiger partial charge in [-0.2, -0.15) is 0 Å². The van der Waals surface area contributed by atoms with Crippen LogP contribution in [0.25, 0.3) is 21.1 Å². The minimum atomic E-state index is -0.284. The molecule has 1 aliphatic heterocycles. The van der Waals surface area contributed by atoms with Gasteiger partial charge in [0.2, 0.25) is 5.91 Å². The molecule has 2 unspecified atom stereocenters. The number of halogens is 1. The second-order valence-corrected chi connectivity index (χ2v) is 9.52. The highest BCUT2D eigenvalue weighted by Crippen LogP contribution is 2.49. The summed E-state index contributed by atoms with van der Waals surface area (Å²) in [5, 5.41) is 1.52. The summed E-state index contributed by atoms with van der Waals surface area (Å²) < 4.78 is 6.38. The first-order chi connectivity index (χ1) is 14.0. The number of aromatic nitrogens is 2. The first-order valence-electron chi connectivity index (χ1n) is 9.03. The second-order valence-electron chi connectivity index (χ2n) is 6.73. The van der Waals surface area contributed by atoms with Crippen molar-refractivity contribution in [1.29, 1.82) is 0 Å². The van der Waals surface area contributed by atoms with E-state index < -0.39 is 0 Å². The summed E-state index contributed by atoms with van der Waals surface area (Å²) in [4.78, 5) is 24.0. The molecular formula is C21H16ClN3O2S2. The van der Waals surface area contributed by atoms with Crippen molar-refractivity contribution < 1.29 is 9.53 Å². The number of pyridine rings is 1. The average molecular weight is 442 g/mol. The number of para-hydroxylation sites is 1. The quantitative estimate of drug-likeness (QED) is 0.383. The third-order valence-electron chi connectivity index (χ3n) is 4.91. The predicted molar refractivity (Wildman–Crippen MR) is 120 cm³/mol. The van der Waals surface area contributed by atoms with Crippen LogP contribution < -0.4 is 9.64 Å². The standard InChI is InChI=1S/C21H16ClN3O2S2/c1-11-19(26)25(21-24-16-5-3-4-6-17(16)29-21)20(28-11)14-10-12-9-13(27-2)7-8-15(12)23-18(14)22/h3-11,20H,1-2H3. The Morgan fingerprint density at radius 2 is 1.93 bits per heavy atom. The molecule has 2 aromatic carbocycles. The van der Waals surface area contributed by atoms with Crippen molar-refractivity contribution in [3.05, 3.63) is 59.2 Å². The van der Waals surface area contributed by atoms with Gasteiger partial charge in [0.05, 0.1) is 28.1 Å². The van der Waals surface area contributed by atoms with Crippen LogP contribution in [0.2, 0.25) is 5.15 Å². The first-order valence-corrected chi connectivity index (χ1v) is 11.2. The number of carbonyl (C=O) groups excluding carboxylic acids is 1. The molecule has 0 saturated carbocycles. The number of methoxy groups -OCH3 is 1. The van der Waals surface area contributed by atoms with Crippen molar-refractivity contribution in [2.24, 2.45) is 0 Å². The first kappa shape index (κ1) is 18.7. The lowest BCUT2D eigenvalue weighted by Crippen LogP contribution is -2.30. The number of carbonyl (C=O) groups is 1. The number of ether oxygens (including phenoxy) is 1. The van der Waals surface area contributed by atoms with Gasteiger partial charge < -0.3 is 4.74 Å². The van der Waals surface area contributed by atoms with Gasteiger partial charge in [-0.05, 0) is 43.3 Å². The number of amides is 1. The van der Waals surface area contributed by atoms with E-state index in [1.165, 1.54) is 11.3 Å². The lowest BCUT2D eigenvalue weighted by Gasteiger charge is -2.22. The molecule has 29 heavy (non-hydrogen) atoms. The normalized spacial score (nSPS) is 19.4. The molecule has 0 aliphatic carbocycles. The Hall–Kier alpha value is -2.35. The van der Waals surface area contributed by atoms with Crippen LogP contribution >= 0.6 is 34.7 Å². The van der Waals surface area contributed by atoms with E-state index in [9.17, 15) is 4.79 Å². The van der Waals surface area contributed by atoms with Gasteiger partial charge in [-0.1, -0.05) is 35.1 Å². The zero-order valence-corrected chi connectivity index (χ0v) is 18.0. The van der Waals surface area contributed by atoms with Crippen molar-refractivity contribution >= 4 is 66.9 Å². The highest BCUT2D eigenvalue weighted by Gasteiger charge is 2.42. The van der Waals surface area contributed by atoms with Crippen LogP contribution in [0.4, 0.5) is 5.13 Å². The van der Waals surface area contributed by atoms with E-state index in [0.717, 1.165) is 32.4 Å². The van der Waals surface area contributed by atoms with E-state index in [2.05, 4.69) is 4.98 Å². The van der Waals surface area contributed by atoms with Gasteiger partial charge in [-0.15, -0.1) is 11.8 Å². The van der Waals surface area contributed by atoms with E-state index in [0.29, 0.717) is 10.3 Å². The zero-order valence-electron chi connectivity index (χ0n) is 15.6. The molecule has 146 valence electrons. The molecule has 4 aromatic rings. The van der Waals surface area contributed by atoms with Gasteiger partial charge in [-0.3, -0.25) is 9.69 Å². The fourth-order valence-corrected chi connectivity index (χ4v) is 6.09. The summed E-state index contributed by atoms with van der Waals surface area (Å²) in [5.41, 5.74) is 2.47. The third kappa shape index (κ3) is 3.13. The second kappa shape index (κ2) is 7.16. The highest BCUT2D eigenvalue weighted by molar-refractivity contribution is 8.01. The van der Waals surface area contributed by atoms with Gasteiger partial charge in [0, 0.05) is 10.9 Å². The SMILES string of the molecule is COc1ccc2nc(Cl)c(C3SC(C)C(=O)N3c3nc4ccccc4s3)cc2c1. The topological polar surface area (TPSA) is 55.3 Å². The number of rotatable bonds is 3. The zero-order chi connectivity index (χ0) is 20.1. The molecule has 2 atom stereocenters. The van der Waals surface area contributed by atoms with Gasteiger partial charge in [0.25, 0.3) is 0 Å². The van der Waals surface area contributed by atoms with E-state index in [1.807, 2.05) is 55.5 Å². The van der Waals surface area contributed by atoms with Crippen molar-refractivity contribution in [3.63, 3.8) is 0 Å². The van der Waals surface area contributed by atoms with Crippen LogP contribution in [-0.2, 0) is 4.79 Å². The monoisotopic (exact) mass is 441 g/mol. The van der Waals surface area contributed by atoms with Crippen LogP contribution in [-0.4, -0.2) is 28.2 Å². The van der Waals surface area contributed by atoms with E-state index >= 15 is 0 Å². The number of thioether (sulfide) groups is 1. The molecule has 8 heteroatoms. The number of thiazole rings is 1. The van der Waals surface area contributed by atoms with Gasteiger partial charge in [0.1, 0.15) is 16.3 Å². The molecule has 1 saturated heterocycles. The number of hydrogen-bond acceptors (Lipinski definition) is 6. The molecular weight excluding hydrogens is 426 g/mol. The third-order valence-corrected chi connectivity index (χ3v) is 7.58. The Balaban J connectivity index is 1.64. The number of anilines is 1. The Morgan fingerprint density at radius 3 is 2.72 bits per heavy atom. The number of nitrogens with zero attached hydrogens (tertiary/aromatic N) is 3. The smallest absolute Gasteiger partial charge is 0.242 e. The van der Waals surface area contributed by atoms with E-state index in [4.69, 9.17) is 21.3 Å². The minimum Gasteiger partial charge on any atom is -0.497 e. The molecule has 1 amide bonds. The fourth-order valence-electron chi connectivity index (χ4n) is 3.44. The predicted octanol–water partition coefficient (Wildman–Crippen LogP) is 5.67. The molecule has 0 spiro atoms.